The first-order chi connectivity index (χ1) is 13.2. The number of ether oxygens (including phenoxy) is 2. The molecular weight excluding hydrogens is 346 g/mol. The van der Waals surface area contributed by atoms with E-state index in [4.69, 9.17) is 4.74 Å². The van der Waals surface area contributed by atoms with Gasteiger partial charge in [-0.25, -0.2) is 4.98 Å². The van der Waals surface area contributed by atoms with E-state index < -0.39 is 0 Å². The number of fused-ring (bicyclic) bond motifs is 1. The summed E-state index contributed by atoms with van der Waals surface area (Å²) in [6, 6.07) is 14.6. The van der Waals surface area contributed by atoms with Gasteiger partial charge in [0.25, 0.3) is 5.56 Å². The summed E-state index contributed by atoms with van der Waals surface area (Å²) in [5.74, 6) is 0.855. The standard InChI is InChI=1S/C20H21N3O4/c1-26-18(24)11-4-5-12-27-15-8-6-7-14(13-15)21-20-22-17-10-3-2-9-16(17)19(25)23-20/h2-3,6-10,13H,4-5,11-12H2,1H3,(H2,21,22,23,25). The molecule has 3 rings (SSSR count). The van der Waals surface area contributed by atoms with Crippen molar-refractivity contribution in [3.8, 4) is 5.75 Å². The lowest BCUT2D eigenvalue weighted by Crippen LogP contribution is -2.11. The van der Waals surface area contributed by atoms with Crippen molar-refractivity contribution in [1.29, 1.82) is 0 Å². The zero-order valence-corrected chi connectivity index (χ0v) is 15.0. The van der Waals surface area contributed by atoms with Crippen LogP contribution in [0.25, 0.3) is 10.9 Å². The maximum atomic E-state index is 12.1. The molecule has 0 spiro atoms. The van der Waals surface area contributed by atoms with Crippen molar-refractivity contribution < 1.29 is 14.3 Å². The van der Waals surface area contributed by atoms with E-state index >= 15 is 0 Å². The molecule has 7 nitrogen and oxygen atoms in total. The largest absolute Gasteiger partial charge is 0.494 e. The van der Waals surface area contributed by atoms with E-state index in [0.717, 1.165) is 12.1 Å². The third kappa shape index (κ3) is 5.07. The van der Waals surface area contributed by atoms with E-state index in [1.54, 1.807) is 18.2 Å². The van der Waals surface area contributed by atoms with Gasteiger partial charge in [0.2, 0.25) is 5.95 Å². The molecule has 1 heterocycles. The second-order valence-electron chi connectivity index (χ2n) is 5.97. The molecule has 140 valence electrons. The number of methoxy groups -OCH3 is 1. The molecule has 1 aromatic heterocycles. The van der Waals surface area contributed by atoms with Crippen LogP contribution in [0.1, 0.15) is 19.3 Å². The fourth-order valence-electron chi connectivity index (χ4n) is 2.61. The SMILES string of the molecule is COC(=O)CCCCOc1cccc(Nc2nc3ccccc3c(=O)[nH]2)c1. The molecule has 2 aromatic carbocycles. The number of carbonyl (C=O) groups excluding carboxylic acids is 1. The Balaban J connectivity index is 1.61. The second kappa shape index (κ2) is 8.84. The number of anilines is 2. The highest BCUT2D eigenvalue weighted by Gasteiger charge is 2.05. The Morgan fingerprint density at radius 3 is 2.85 bits per heavy atom. The summed E-state index contributed by atoms with van der Waals surface area (Å²) in [5.41, 5.74) is 1.18. The molecule has 3 aromatic rings. The van der Waals surface area contributed by atoms with Crippen LogP contribution in [0.3, 0.4) is 0 Å². The lowest BCUT2D eigenvalue weighted by molar-refractivity contribution is -0.140. The Morgan fingerprint density at radius 1 is 1.15 bits per heavy atom. The first-order valence-corrected chi connectivity index (χ1v) is 8.71. The summed E-state index contributed by atoms with van der Waals surface area (Å²) in [6.45, 7) is 0.505. The molecular formula is C20H21N3O4. The molecule has 7 heteroatoms. The van der Waals surface area contributed by atoms with Crippen molar-refractivity contribution in [1.82, 2.24) is 9.97 Å². The normalized spacial score (nSPS) is 10.6. The molecule has 0 atom stereocenters. The Morgan fingerprint density at radius 2 is 2.00 bits per heavy atom. The maximum absolute atomic E-state index is 12.1. The summed E-state index contributed by atoms with van der Waals surface area (Å²) >= 11 is 0. The Labute approximate surface area is 156 Å². The number of H-pyrrole nitrogens is 1. The molecule has 0 saturated heterocycles. The zero-order chi connectivity index (χ0) is 19.1. The van der Waals surface area contributed by atoms with E-state index in [0.29, 0.717) is 42.0 Å². The van der Waals surface area contributed by atoms with Gasteiger partial charge in [0.1, 0.15) is 5.75 Å². The van der Waals surface area contributed by atoms with Gasteiger partial charge in [0, 0.05) is 18.2 Å². The highest BCUT2D eigenvalue weighted by Crippen LogP contribution is 2.20. The van der Waals surface area contributed by atoms with Crippen molar-refractivity contribution in [2.75, 3.05) is 19.0 Å². The summed E-state index contributed by atoms with van der Waals surface area (Å²) < 4.78 is 10.3. The minimum atomic E-state index is -0.210. The molecule has 0 fully saturated rings. The molecule has 0 bridgehead atoms. The van der Waals surface area contributed by atoms with Crippen LogP contribution in [0.4, 0.5) is 11.6 Å². The van der Waals surface area contributed by atoms with E-state index in [-0.39, 0.29) is 11.5 Å². The second-order valence-corrected chi connectivity index (χ2v) is 5.97. The lowest BCUT2D eigenvalue weighted by atomic mass is 10.2. The Kier molecular flexibility index (Phi) is 6.04. The number of hydrogen-bond acceptors (Lipinski definition) is 6. The van der Waals surface area contributed by atoms with Gasteiger partial charge in [0.15, 0.2) is 0 Å². The smallest absolute Gasteiger partial charge is 0.305 e. The average Bonchev–Trinajstić information content (AvgIpc) is 2.68. The predicted molar refractivity (Wildman–Crippen MR) is 103 cm³/mol. The fourth-order valence-corrected chi connectivity index (χ4v) is 2.61. The number of esters is 1. The number of para-hydroxylation sites is 1. The molecule has 0 amide bonds. The number of benzene rings is 2. The molecule has 2 N–H and O–H groups in total. The monoisotopic (exact) mass is 367 g/mol. The highest BCUT2D eigenvalue weighted by atomic mass is 16.5. The summed E-state index contributed by atoms with van der Waals surface area (Å²) in [6.07, 6.45) is 1.86. The quantitative estimate of drug-likeness (QED) is 0.468. The number of carbonyl (C=O) groups is 1. The molecule has 27 heavy (non-hydrogen) atoms. The van der Waals surface area contributed by atoms with Gasteiger partial charge < -0.3 is 14.8 Å². The van der Waals surface area contributed by atoms with Crippen molar-refractivity contribution in [2.24, 2.45) is 0 Å². The Bertz CT molecular complexity index is 984. The molecule has 0 saturated carbocycles. The first kappa shape index (κ1) is 18.4. The van der Waals surface area contributed by atoms with Crippen LogP contribution >= 0.6 is 0 Å². The minimum absolute atomic E-state index is 0.193. The van der Waals surface area contributed by atoms with Crippen molar-refractivity contribution >= 4 is 28.5 Å². The topological polar surface area (TPSA) is 93.3 Å². The molecule has 0 unspecified atom stereocenters. The number of aromatic nitrogens is 2. The van der Waals surface area contributed by atoms with Gasteiger partial charge in [-0.05, 0) is 37.1 Å². The molecule has 0 radical (unpaired) electrons. The van der Waals surface area contributed by atoms with Crippen LogP contribution in [-0.4, -0.2) is 29.7 Å². The van der Waals surface area contributed by atoms with Crippen LogP contribution in [0.15, 0.2) is 53.3 Å². The van der Waals surface area contributed by atoms with E-state index in [1.807, 2.05) is 30.3 Å². The van der Waals surface area contributed by atoms with Gasteiger partial charge >= 0.3 is 5.97 Å². The summed E-state index contributed by atoms with van der Waals surface area (Å²) in [7, 11) is 1.38. The summed E-state index contributed by atoms with van der Waals surface area (Å²) in [4.78, 5) is 30.4. The summed E-state index contributed by atoms with van der Waals surface area (Å²) in [5, 5.41) is 3.64. The number of nitrogens with one attached hydrogen (secondary N) is 2. The molecule has 0 aliphatic carbocycles. The minimum Gasteiger partial charge on any atom is -0.494 e. The van der Waals surface area contributed by atoms with Gasteiger partial charge in [-0.15, -0.1) is 0 Å². The number of unbranched alkanes of at least 4 members (excludes halogenated alkanes) is 1. The van der Waals surface area contributed by atoms with E-state index in [1.165, 1.54) is 7.11 Å². The molecule has 0 aliphatic heterocycles. The molecule has 0 aliphatic rings. The van der Waals surface area contributed by atoms with Gasteiger partial charge in [-0.2, -0.15) is 0 Å². The van der Waals surface area contributed by atoms with Crippen LogP contribution in [0.5, 0.6) is 5.75 Å². The number of aromatic amines is 1. The third-order valence-electron chi connectivity index (χ3n) is 3.98. The van der Waals surface area contributed by atoms with Crippen molar-refractivity contribution in [3.63, 3.8) is 0 Å². The van der Waals surface area contributed by atoms with E-state index in [2.05, 4.69) is 20.0 Å². The van der Waals surface area contributed by atoms with Crippen molar-refractivity contribution in [2.45, 2.75) is 19.3 Å². The van der Waals surface area contributed by atoms with Crippen molar-refractivity contribution in [3.05, 3.63) is 58.9 Å². The van der Waals surface area contributed by atoms with Gasteiger partial charge in [0.05, 0.1) is 24.6 Å². The maximum Gasteiger partial charge on any atom is 0.305 e. The number of nitrogens with zero attached hydrogens (tertiary/aromatic N) is 1. The van der Waals surface area contributed by atoms with Gasteiger partial charge in [-0.3, -0.25) is 14.6 Å². The predicted octanol–water partition coefficient (Wildman–Crippen LogP) is 3.39. The first-order valence-electron chi connectivity index (χ1n) is 8.71. The van der Waals surface area contributed by atoms with Crippen LogP contribution in [-0.2, 0) is 9.53 Å². The third-order valence-corrected chi connectivity index (χ3v) is 3.98. The zero-order valence-electron chi connectivity index (χ0n) is 15.0. The lowest BCUT2D eigenvalue weighted by Gasteiger charge is -2.10. The number of rotatable bonds is 8. The average molecular weight is 367 g/mol. The van der Waals surface area contributed by atoms with Crippen LogP contribution in [0.2, 0.25) is 0 Å². The number of hydrogen-bond donors (Lipinski definition) is 2. The Hall–Kier alpha value is -3.35. The van der Waals surface area contributed by atoms with E-state index in [9.17, 15) is 9.59 Å². The van der Waals surface area contributed by atoms with Crippen LogP contribution < -0.4 is 15.6 Å². The van der Waals surface area contributed by atoms with Gasteiger partial charge in [-0.1, -0.05) is 18.2 Å². The highest BCUT2D eigenvalue weighted by molar-refractivity contribution is 5.78. The fraction of sp³-hybridized carbons (Fsp3) is 0.250. The van der Waals surface area contributed by atoms with Crippen LogP contribution in [0, 0.1) is 0 Å².